The van der Waals surface area contributed by atoms with Crippen molar-refractivity contribution < 1.29 is 0 Å². The smallest absolute Gasteiger partial charge is 0.0289 e. The molecule has 0 heteroatoms. The zero-order valence-electron chi connectivity index (χ0n) is 13.0. The van der Waals surface area contributed by atoms with Gasteiger partial charge < -0.3 is 0 Å². The first-order valence-electron chi connectivity index (χ1n) is 8.48. The van der Waals surface area contributed by atoms with Crippen molar-refractivity contribution in [3.63, 3.8) is 0 Å². The molecule has 0 bridgehead atoms. The first kappa shape index (κ1) is 13.0. The molecule has 3 saturated carbocycles. The molecule has 0 aromatic carbocycles. The van der Waals surface area contributed by atoms with E-state index in [0.29, 0.717) is 5.41 Å². The van der Waals surface area contributed by atoms with Crippen LogP contribution in [0.3, 0.4) is 0 Å². The van der Waals surface area contributed by atoms with Crippen molar-refractivity contribution in [2.24, 2.45) is 34.5 Å². The van der Waals surface area contributed by atoms with E-state index in [1.807, 2.05) is 0 Å². The minimum Gasteiger partial charge on any atom is -0.0649 e. The predicted octanol–water partition coefficient (Wildman–Crippen LogP) is 5.67. The highest BCUT2D eigenvalue weighted by atomic mass is 14.7. The van der Waals surface area contributed by atoms with Gasteiger partial charge in [0.1, 0.15) is 0 Å². The van der Waals surface area contributed by atoms with Gasteiger partial charge in [0.2, 0.25) is 0 Å². The van der Waals surface area contributed by atoms with E-state index < -0.39 is 0 Å². The lowest BCUT2D eigenvalue weighted by atomic mass is 9.71. The van der Waals surface area contributed by atoms with E-state index in [9.17, 15) is 0 Å². The van der Waals surface area contributed by atoms with Crippen molar-refractivity contribution in [3.8, 4) is 0 Å². The summed E-state index contributed by atoms with van der Waals surface area (Å²) in [7, 11) is 0. The predicted molar refractivity (Wildman–Crippen MR) is 78.5 cm³/mol. The fourth-order valence-corrected chi connectivity index (χ4v) is 5.50. The van der Waals surface area contributed by atoms with E-state index in [1.54, 1.807) is 19.3 Å². The maximum atomic E-state index is 2.57. The van der Waals surface area contributed by atoms with Crippen molar-refractivity contribution >= 4 is 0 Å². The second-order valence-electron chi connectivity index (χ2n) is 8.47. The molecule has 0 saturated heterocycles. The van der Waals surface area contributed by atoms with Gasteiger partial charge in [-0.3, -0.25) is 0 Å². The Balaban J connectivity index is 1.71. The summed E-state index contributed by atoms with van der Waals surface area (Å²) in [6, 6.07) is 0. The Kier molecular flexibility index (Phi) is 3.07. The van der Waals surface area contributed by atoms with Gasteiger partial charge in [-0.15, -0.1) is 0 Å². The van der Waals surface area contributed by atoms with Crippen LogP contribution in [0.25, 0.3) is 0 Å². The highest BCUT2D eigenvalue weighted by Crippen LogP contribution is 2.69. The van der Waals surface area contributed by atoms with E-state index in [2.05, 4.69) is 27.7 Å². The lowest BCUT2D eigenvalue weighted by Gasteiger charge is -2.35. The van der Waals surface area contributed by atoms with Gasteiger partial charge in [0.25, 0.3) is 0 Å². The maximum Gasteiger partial charge on any atom is -0.0289 e. The zero-order chi connectivity index (χ0) is 13.0. The number of hydrogen-bond donors (Lipinski definition) is 0. The molecule has 6 unspecified atom stereocenters. The van der Waals surface area contributed by atoms with Crippen LogP contribution in [0.2, 0.25) is 0 Å². The largest absolute Gasteiger partial charge is 0.0649 e. The highest BCUT2D eigenvalue weighted by molar-refractivity contribution is 5.10. The van der Waals surface area contributed by atoms with Crippen molar-refractivity contribution in [3.05, 3.63) is 0 Å². The van der Waals surface area contributed by atoms with Crippen LogP contribution in [-0.4, -0.2) is 0 Å². The Labute approximate surface area is 114 Å². The summed E-state index contributed by atoms with van der Waals surface area (Å²) in [6.07, 6.45) is 12.1. The van der Waals surface area contributed by atoms with Crippen LogP contribution >= 0.6 is 0 Å². The SMILES string of the molecule is CCC1(C)CCCC2C(CCC1C)CC1(C)CC21. The highest BCUT2D eigenvalue weighted by Gasteiger charge is 2.61. The van der Waals surface area contributed by atoms with Gasteiger partial charge in [0.15, 0.2) is 0 Å². The minimum atomic E-state index is 0.630. The molecule has 0 N–H and O–H groups in total. The van der Waals surface area contributed by atoms with Gasteiger partial charge in [0, 0.05) is 0 Å². The van der Waals surface area contributed by atoms with Gasteiger partial charge in [0.05, 0.1) is 0 Å². The number of rotatable bonds is 1. The van der Waals surface area contributed by atoms with Crippen molar-refractivity contribution in [1.82, 2.24) is 0 Å². The fourth-order valence-electron chi connectivity index (χ4n) is 5.50. The molecule has 0 spiro atoms. The summed E-state index contributed by atoms with van der Waals surface area (Å²) in [5.41, 5.74) is 1.43. The normalized spacial score (nSPS) is 56.0. The molecular formula is C18H32. The molecule has 3 fully saturated rings. The molecule has 0 aromatic rings. The Morgan fingerprint density at radius 3 is 2.56 bits per heavy atom. The molecule has 0 aromatic heterocycles. The quantitative estimate of drug-likeness (QED) is 0.561. The Hall–Kier alpha value is 0. The van der Waals surface area contributed by atoms with Crippen molar-refractivity contribution in [1.29, 1.82) is 0 Å². The molecule has 0 aliphatic heterocycles. The van der Waals surface area contributed by atoms with Gasteiger partial charge in [-0.1, -0.05) is 40.5 Å². The fraction of sp³-hybridized carbons (Fsp3) is 1.00. The summed E-state index contributed by atoms with van der Waals surface area (Å²) in [5, 5.41) is 0. The molecule has 0 radical (unpaired) electrons. The Bertz CT molecular complexity index is 320. The molecule has 3 rings (SSSR count). The van der Waals surface area contributed by atoms with Gasteiger partial charge in [-0.05, 0) is 73.0 Å². The first-order valence-corrected chi connectivity index (χ1v) is 8.48. The van der Waals surface area contributed by atoms with Crippen LogP contribution in [-0.2, 0) is 0 Å². The zero-order valence-corrected chi connectivity index (χ0v) is 13.0. The van der Waals surface area contributed by atoms with Gasteiger partial charge in [-0.25, -0.2) is 0 Å². The van der Waals surface area contributed by atoms with E-state index in [-0.39, 0.29) is 0 Å². The van der Waals surface area contributed by atoms with Crippen LogP contribution in [0.4, 0.5) is 0 Å². The molecule has 3 aliphatic rings. The summed E-state index contributed by atoms with van der Waals surface area (Å²) >= 11 is 0. The molecule has 0 nitrogen and oxygen atoms in total. The second kappa shape index (κ2) is 4.25. The standard InChI is InChI=1S/C18H32/c1-5-17(3)10-6-7-15-14(9-8-13(17)2)11-18(4)12-16(15)18/h13-16H,5-12H2,1-4H3. The minimum absolute atomic E-state index is 0.630. The van der Waals surface area contributed by atoms with Gasteiger partial charge >= 0.3 is 0 Å². The Morgan fingerprint density at radius 1 is 1.06 bits per heavy atom. The molecule has 104 valence electrons. The van der Waals surface area contributed by atoms with Crippen molar-refractivity contribution in [2.45, 2.75) is 79.1 Å². The summed E-state index contributed by atoms with van der Waals surface area (Å²) in [6.45, 7) is 10.1. The number of fused-ring (bicyclic) bond motifs is 3. The van der Waals surface area contributed by atoms with E-state index in [4.69, 9.17) is 0 Å². The molecular weight excluding hydrogens is 216 g/mol. The summed E-state index contributed by atoms with van der Waals surface area (Å²) in [4.78, 5) is 0. The lowest BCUT2D eigenvalue weighted by Crippen LogP contribution is -2.24. The van der Waals surface area contributed by atoms with E-state index in [0.717, 1.165) is 29.1 Å². The number of hydrogen-bond acceptors (Lipinski definition) is 0. The van der Waals surface area contributed by atoms with Crippen LogP contribution in [0.1, 0.15) is 79.1 Å². The average molecular weight is 248 g/mol. The Morgan fingerprint density at radius 2 is 1.83 bits per heavy atom. The third-order valence-corrected chi connectivity index (χ3v) is 7.53. The van der Waals surface area contributed by atoms with Crippen LogP contribution in [0, 0.1) is 34.5 Å². The van der Waals surface area contributed by atoms with Crippen LogP contribution < -0.4 is 0 Å². The maximum absolute atomic E-state index is 2.57. The molecule has 3 aliphatic carbocycles. The molecule has 0 heterocycles. The van der Waals surface area contributed by atoms with Gasteiger partial charge in [-0.2, -0.15) is 0 Å². The average Bonchev–Trinajstić information content (AvgIpc) is 2.91. The molecule has 6 atom stereocenters. The second-order valence-corrected chi connectivity index (χ2v) is 8.47. The van der Waals surface area contributed by atoms with Crippen molar-refractivity contribution in [2.75, 3.05) is 0 Å². The summed E-state index contributed by atoms with van der Waals surface area (Å²) in [5.74, 6) is 4.27. The first-order chi connectivity index (χ1) is 8.48. The van der Waals surface area contributed by atoms with E-state index >= 15 is 0 Å². The molecule has 18 heavy (non-hydrogen) atoms. The van der Waals surface area contributed by atoms with E-state index in [1.165, 1.54) is 32.1 Å². The lowest BCUT2D eigenvalue weighted by molar-refractivity contribution is 0.159. The topological polar surface area (TPSA) is 0 Å². The van der Waals surface area contributed by atoms with Crippen LogP contribution in [0.15, 0.2) is 0 Å². The molecule has 0 amide bonds. The van der Waals surface area contributed by atoms with Crippen LogP contribution in [0.5, 0.6) is 0 Å². The third-order valence-electron chi connectivity index (χ3n) is 7.53. The monoisotopic (exact) mass is 248 g/mol. The summed E-state index contributed by atoms with van der Waals surface area (Å²) < 4.78 is 0. The third kappa shape index (κ3) is 1.95.